The number of methoxy groups -OCH3 is 1. The molecule has 0 saturated carbocycles. The molecule has 0 unspecified atom stereocenters. The van der Waals surface area contributed by atoms with Crippen LogP contribution in [0.1, 0.15) is 10.4 Å². The van der Waals surface area contributed by atoms with Crippen LogP contribution in [0.3, 0.4) is 0 Å². The number of anilines is 1. The van der Waals surface area contributed by atoms with Gasteiger partial charge in [0.15, 0.2) is 5.13 Å². The van der Waals surface area contributed by atoms with Crippen LogP contribution in [0.15, 0.2) is 46.7 Å². The molecule has 0 atom stereocenters. The first-order chi connectivity index (χ1) is 12.0. The van der Waals surface area contributed by atoms with Crippen molar-refractivity contribution in [2.24, 2.45) is 7.05 Å². The summed E-state index contributed by atoms with van der Waals surface area (Å²) >= 11 is 7.42. The van der Waals surface area contributed by atoms with Crippen LogP contribution in [-0.4, -0.2) is 22.6 Å². The molecular weight excluding hydrogens is 362 g/mol. The Kier molecular flexibility index (Phi) is 4.87. The van der Waals surface area contributed by atoms with Crippen molar-refractivity contribution in [3.63, 3.8) is 0 Å². The average molecular weight is 376 g/mol. The van der Waals surface area contributed by atoms with E-state index in [-0.39, 0.29) is 17.0 Å². The van der Waals surface area contributed by atoms with E-state index in [9.17, 15) is 9.59 Å². The highest BCUT2D eigenvalue weighted by Crippen LogP contribution is 2.31. The van der Waals surface area contributed by atoms with Gasteiger partial charge in [0.1, 0.15) is 5.75 Å². The predicted molar refractivity (Wildman–Crippen MR) is 98.7 cm³/mol. The number of hydrogen-bond donors (Lipinski definition) is 1. The van der Waals surface area contributed by atoms with Gasteiger partial charge in [-0.2, -0.15) is 0 Å². The molecule has 0 spiro atoms. The highest BCUT2D eigenvalue weighted by Gasteiger charge is 2.12. The van der Waals surface area contributed by atoms with Crippen LogP contribution in [0.25, 0.3) is 11.3 Å². The van der Waals surface area contributed by atoms with Crippen LogP contribution in [0.5, 0.6) is 5.75 Å². The van der Waals surface area contributed by atoms with Gasteiger partial charge in [0, 0.05) is 35.8 Å². The maximum atomic E-state index is 12.2. The molecule has 2 aromatic heterocycles. The van der Waals surface area contributed by atoms with Crippen molar-refractivity contribution in [1.82, 2.24) is 9.55 Å². The van der Waals surface area contributed by atoms with Crippen molar-refractivity contribution in [2.45, 2.75) is 0 Å². The molecule has 25 heavy (non-hydrogen) atoms. The van der Waals surface area contributed by atoms with E-state index in [1.165, 1.54) is 22.0 Å². The third kappa shape index (κ3) is 3.72. The number of carbonyl (C=O) groups is 1. The number of carbonyl (C=O) groups excluding carboxylic acids is 1. The highest BCUT2D eigenvalue weighted by atomic mass is 35.5. The summed E-state index contributed by atoms with van der Waals surface area (Å²) in [6.07, 6.45) is 1.55. The molecule has 0 radical (unpaired) electrons. The molecule has 0 aliphatic carbocycles. The highest BCUT2D eigenvalue weighted by molar-refractivity contribution is 7.14. The number of nitrogens with zero attached hydrogens (tertiary/aromatic N) is 2. The number of ether oxygens (including phenoxy) is 1. The normalized spacial score (nSPS) is 10.5. The lowest BCUT2D eigenvalue weighted by atomic mass is 10.2. The van der Waals surface area contributed by atoms with E-state index < -0.39 is 0 Å². The molecule has 2 heterocycles. The van der Waals surface area contributed by atoms with Gasteiger partial charge in [-0.1, -0.05) is 11.6 Å². The lowest BCUT2D eigenvalue weighted by Gasteiger charge is -2.04. The van der Waals surface area contributed by atoms with Crippen LogP contribution < -0.4 is 15.6 Å². The second-order valence-electron chi connectivity index (χ2n) is 5.21. The predicted octanol–water partition coefficient (Wildman–Crippen LogP) is 3.42. The second kappa shape index (κ2) is 7.08. The largest absolute Gasteiger partial charge is 0.495 e. The third-order valence-electron chi connectivity index (χ3n) is 3.54. The number of aromatic nitrogens is 2. The molecule has 0 aliphatic rings. The Morgan fingerprint density at radius 1 is 1.32 bits per heavy atom. The van der Waals surface area contributed by atoms with Gasteiger partial charge in [-0.15, -0.1) is 11.3 Å². The fraction of sp³-hybridized carbons (Fsp3) is 0.118. The van der Waals surface area contributed by atoms with Crippen molar-refractivity contribution in [3.8, 4) is 17.0 Å². The Morgan fingerprint density at radius 3 is 2.80 bits per heavy atom. The van der Waals surface area contributed by atoms with Gasteiger partial charge in [0.25, 0.3) is 11.5 Å². The molecule has 8 heteroatoms. The first-order valence-electron chi connectivity index (χ1n) is 7.25. The number of rotatable bonds is 4. The zero-order chi connectivity index (χ0) is 18.0. The van der Waals surface area contributed by atoms with Gasteiger partial charge in [0.2, 0.25) is 0 Å². The Morgan fingerprint density at radius 2 is 2.12 bits per heavy atom. The zero-order valence-corrected chi connectivity index (χ0v) is 15.0. The summed E-state index contributed by atoms with van der Waals surface area (Å²) in [5.74, 6) is 0.200. The molecule has 6 nitrogen and oxygen atoms in total. The molecule has 0 saturated heterocycles. The summed E-state index contributed by atoms with van der Waals surface area (Å²) < 4.78 is 6.52. The lowest BCUT2D eigenvalue weighted by Crippen LogP contribution is -2.19. The molecule has 0 bridgehead atoms. The number of thiazole rings is 1. The van der Waals surface area contributed by atoms with Crippen molar-refractivity contribution in [3.05, 3.63) is 62.8 Å². The maximum absolute atomic E-state index is 12.2. The standard InChI is InChI=1S/C17H14ClN3O3S/c1-21-6-5-11(8-15(21)22)16(23)20-17-19-13(9-25-17)10-3-4-14(24-2)12(18)7-10/h3-9H,1-2H3,(H,19,20,23). The lowest BCUT2D eigenvalue weighted by molar-refractivity contribution is 0.102. The summed E-state index contributed by atoms with van der Waals surface area (Å²) in [5, 5.41) is 5.43. The first kappa shape index (κ1) is 17.2. The number of benzene rings is 1. The molecular formula is C17H14ClN3O3S. The zero-order valence-electron chi connectivity index (χ0n) is 13.4. The van der Waals surface area contributed by atoms with E-state index in [0.29, 0.717) is 21.6 Å². The monoisotopic (exact) mass is 375 g/mol. The number of hydrogen-bond acceptors (Lipinski definition) is 5. The van der Waals surface area contributed by atoms with E-state index in [1.807, 2.05) is 11.4 Å². The number of amides is 1. The van der Waals surface area contributed by atoms with Crippen LogP contribution in [0.2, 0.25) is 5.02 Å². The summed E-state index contributed by atoms with van der Waals surface area (Å²) in [6.45, 7) is 0. The van der Waals surface area contributed by atoms with Gasteiger partial charge in [-0.3, -0.25) is 14.9 Å². The topological polar surface area (TPSA) is 73.2 Å². The van der Waals surface area contributed by atoms with Gasteiger partial charge < -0.3 is 9.30 Å². The number of pyridine rings is 1. The summed E-state index contributed by atoms with van der Waals surface area (Å²) in [7, 11) is 3.17. The molecule has 128 valence electrons. The quantitative estimate of drug-likeness (QED) is 0.758. The average Bonchev–Trinajstić information content (AvgIpc) is 3.05. The summed E-state index contributed by atoms with van der Waals surface area (Å²) in [4.78, 5) is 28.2. The number of halogens is 1. The summed E-state index contributed by atoms with van der Waals surface area (Å²) in [6, 6.07) is 8.21. The number of aryl methyl sites for hydroxylation is 1. The van der Waals surface area contributed by atoms with Gasteiger partial charge in [-0.05, 0) is 24.3 Å². The molecule has 1 N–H and O–H groups in total. The molecule has 0 fully saturated rings. The molecule has 3 rings (SSSR count). The van der Waals surface area contributed by atoms with Gasteiger partial charge >= 0.3 is 0 Å². The Hall–Kier alpha value is -2.64. The minimum atomic E-state index is -0.383. The molecule has 0 aliphatic heterocycles. The molecule has 3 aromatic rings. The van der Waals surface area contributed by atoms with Gasteiger partial charge in [-0.25, -0.2) is 4.98 Å². The van der Waals surface area contributed by atoms with Crippen molar-refractivity contribution in [1.29, 1.82) is 0 Å². The van der Waals surface area contributed by atoms with E-state index in [4.69, 9.17) is 16.3 Å². The van der Waals surface area contributed by atoms with Crippen molar-refractivity contribution >= 4 is 34.0 Å². The van der Waals surface area contributed by atoms with E-state index >= 15 is 0 Å². The Labute approximate surface area is 152 Å². The van der Waals surface area contributed by atoms with E-state index in [2.05, 4.69) is 10.3 Å². The fourth-order valence-corrected chi connectivity index (χ4v) is 3.12. The third-order valence-corrected chi connectivity index (χ3v) is 4.59. The summed E-state index contributed by atoms with van der Waals surface area (Å²) in [5.41, 5.74) is 1.54. The van der Waals surface area contributed by atoms with Crippen LogP contribution in [-0.2, 0) is 7.05 Å². The first-order valence-corrected chi connectivity index (χ1v) is 8.51. The molecule has 1 aromatic carbocycles. The second-order valence-corrected chi connectivity index (χ2v) is 6.47. The molecule has 1 amide bonds. The maximum Gasteiger partial charge on any atom is 0.257 e. The Bertz CT molecular complexity index is 997. The fourth-order valence-electron chi connectivity index (χ4n) is 2.15. The number of nitrogens with one attached hydrogen (secondary N) is 1. The van der Waals surface area contributed by atoms with Crippen LogP contribution >= 0.6 is 22.9 Å². The van der Waals surface area contributed by atoms with Crippen LogP contribution in [0, 0.1) is 0 Å². The van der Waals surface area contributed by atoms with E-state index in [0.717, 1.165) is 5.56 Å². The van der Waals surface area contributed by atoms with Gasteiger partial charge in [0.05, 0.1) is 17.8 Å². The minimum Gasteiger partial charge on any atom is -0.495 e. The SMILES string of the molecule is COc1ccc(-c2csc(NC(=O)c3ccn(C)c(=O)c3)n2)cc1Cl. The van der Waals surface area contributed by atoms with Crippen molar-refractivity contribution in [2.75, 3.05) is 12.4 Å². The van der Waals surface area contributed by atoms with Crippen molar-refractivity contribution < 1.29 is 9.53 Å². The minimum absolute atomic E-state index is 0.250. The van der Waals surface area contributed by atoms with Crippen LogP contribution in [0.4, 0.5) is 5.13 Å². The van der Waals surface area contributed by atoms with E-state index in [1.54, 1.807) is 38.6 Å². The smallest absolute Gasteiger partial charge is 0.257 e. The Balaban J connectivity index is 1.79.